The molecule has 0 rings (SSSR count). The minimum atomic E-state index is -0.738. The molecule has 0 aromatic heterocycles. The van der Waals surface area contributed by atoms with Gasteiger partial charge in [-0.1, -0.05) is 46.8 Å². The molecule has 1 atom stereocenters. The fraction of sp³-hybridized carbons (Fsp3) is 0.850. The van der Waals surface area contributed by atoms with Gasteiger partial charge in [-0.05, 0) is 63.7 Å². The molecule has 0 amide bonds. The fourth-order valence-corrected chi connectivity index (χ4v) is 3.38. The summed E-state index contributed by atoms with van der Waals surface area (Å²) in [6.45, 7) is 16.1. The van der Waals surface area contributed by atoms with Gasteiger partial charge in [-0.2, -0.15) is 0 Å². The van der Waals surface area contributed by atoms with Crippen LogP contribution in [-0.2, 0) is 4.79 Å². The lowest BCUT2D eigenvalue weighted by Gasteiger charge is -2.33. The second-order valence-corrected chi connectivity index (χ2v) is 9.60. The van der Waals surface area contributed by atoms with Crippen LogP contribution >= 0.6 is 0 Å². The molecule has 0 saturated carbocycles. The van der Waals surface area contributed by atoms with Gasteiger partial charge in [-0.15, -0.1) is 0 Å². The predicted octanol–water partition coefficient (Wildman–Crippen LogP) is 5.43. The maximum Gasteiger partial charge on any atom is 0.309 e. The van der Waals surface area contributed by atoms with E-state index in [0.29, 0.717) is 6.42 Å². The number of aliphatic carboxylic acids is 1. The van der Waals surface area contributed by atoms with E-state index in [4.69, 9.17) is 0 Å². The van der Waals surface area contributed by atoms with E-state index in [1.165, 1.54) is 0 Å². The van der Waals surface area contributed by atoms with E-state index >= 15 is 0 Å². The van der Waals surface area contributed by atoms with Crippen molar-refractivity contribution < 1.29 is 15.0 Å². The van der Waals surface area contributed by atoms with Crippen molar-refractivity contribution in [1.82, 2.24) is 0 Å². The monoisotopic (exact) mass is 326 g/mol. The first-order valence-electron chi connectivity index (χ1n) is 8.73. The Morgan fingerprint density at radius 1 is 0.870 bits per heavy atom. The van der Waals surface area contributed by atoms with Crippen molar-refractivity contribution in [2.75, 3.05) is 0 Å². The standard InChI is InChI=1S/C20H38O3/c1-9-20(8,23)15-18(4,5)13-11-10-12-17(2,3)14-19(6,7)16(21)22/h10-11,23H,9,12-15H2,1-8H3,(H,21,22). The van der Waals surface area contributed by atoms with Crippen LogP contribution < -0.4 is 0 Å². The van der Waals surface area contributed by atoms with Gasteiger partial charge < -0.3 is 10.2 Å². The highest BCUT2D eigenvalue weighted by Crippen LogP contribution is 2.37. The van der Waals surface area contributed by atoms with Gasteiger partial charge in [0.25, 0.3) is 0 Å². The minimum Gasteiger partial charge on any atom is -0.481 e. The quantitative estimate of drug-likeness (QED) is 0.526. The Labute approximate surface area is 143 Å². The molecule has 0 spiro atoms. The van der Waals surface area contributed by atoms with Crippen LogP contribution in [-0.4, -0.2) is 21.8 Å². The van der Waals surface area contributed by atoms with Gasteiger partial charge in [0.05, 0.1) is 11.0 Å². The van der Waals surface area contributed by atoms with Crippen molar-refractivity contribution in [1.29, 1.82) is 0 Å². The SMILES string of the molecule is CCC(C)(O)CC(C)(C)CC=CCC(C)(C)CC(C)(C)C(=O)O. The van der Waals surface area contributed by atoms with Crippen LogP contribution in [0.3, 0.4) is 0 Å². The van der Waals surface area contributed by atoms with E-state index in [-0.39, 0.29) is 10.8 Å². The highest BCUT2D eigenvalue weighted by atomic mass is 16.4. The maximum absolute atomic E-state index is 11.3. The number of carboxylic acids is 1. The van der Waals surface area contributed by atoms with Gasteiger partial charge in [-0.3, -0.25) is 4.79 Å². The molecule has 0 saturated heterocycles. The molecule has 3 heteroatoms. The van der Waals surface area contributed by atoms with Crippen molar-refractivity contribution in [3.05, 3.63) is 12.2 Å². The van der Waals surface area contributed by atoms with E-state index in [0.717, 1.165) is 25.7 Å². The van der Waals surface area contributed by atoms with Crippen molar-refractivity contribution in [2.45, 2.75) is 93.1 Å². The molecule has 0 aliphatic heterocycles. The highest BCUT2D eigenvalue weighted by Gasteiger charge is 2.34. The summed E-state index contributed by atoms with van der Waals surface area (Å²) in [7, 11) is 0. The topological polar surface area (TPSA) is 57.5 Å². The number of hydrogen-bond acceptors (Lipinski definition) is 2. The third kappa shape index (κ3) is 9.14. The van der Waals surface area contributed by atoms with Crippen LogP contribution in [0.5, 0.6) is 0 Å². The van der Waals surface area contributed by atoms with Gasteiger partial charge in [0.1, 0.15) is 0 Å². The highest BCUT2D eigenvalue weighted by molar-refractivity contribution is 5.73. The molecular formula is C20H38O3. The van der Waals surface area contributed by atoms with Crippen LogP contribution in [0.2, 0.25) is 0 Å². The van der Waals surface area contributed by atoms with Crippen molar-refractivity contribution in [3.8, 4) is 0 Å². The lowest BCUT2D eigenvalue weighted by molar-refractivity contribution is -0.148. The number of aliphatic hydroxyl groups is 1. The summed E-state index contributed by atoms with van der Waals surface area (Å²) in [6.07, 6.45) is 8.31. The summed E-state index contributed by atoms with van der Waals surface area (Å²) in [5.41, 5.74) is -1.30. The first kappa shape index (κ1) is 22.2. The maximum atomic E-state index is 11.3. The minimum absolute atomic E-state index is 0.0442. The molecule has 23 heavy (non-hydrogen) atoms. The Hall–Kier alpha value is -0.830. The van der Waals surface area contributed by atoms with E-state index in [1.54, 1.807) is 13.8 Å². The molecule has 136 valence electrons. The molecule has 3 nitrogen and oxygen atoms in total. The lowest BCUT2D eigenvalue weighted by Crippen LogP contribution is -2.30. The second kappa shape index (κ2) is 7.83. The number of rotatable bonds is 10. The number of carbonyl (C=O) groups is 1. The molecule has 0 aromatic carbocycles. The zero-order chi connectivity index (χ0) is 18.5. The normalized spacial score (nSPS) is 16.6. The van der Waals surface area contributed by atoms with Gasteiger partial charge in [0, 0.05) is 0 Å². The van der Waals surface area contributed by atoms with Crippen LogP contribution in [0.15, 0.2) is 12.2 Å². The van der Waals surface area contributed by atoms with Gasteiger partial charge in [-0.25, -0.2) is 0 Å². The molecule has 0 aliphatic rings. The van der Waals surface area contributed by atoms with Crippen LogP contribution in [0.25, 0.3) is 0 Å². The molecular weight excluding hydrogens is 288 g/mol. The van der Waals surface area contributed by atoms with Crippen LogP contribution in [0.1, 0.15) is 87.5 Å². The largest absolute Gasteiger partial charge is 0.481 e. The first-order valence-corrected chi connectivity index (χ1v) is 8.73. The summed E-state index contributed by atoms with van der Waals surface area (Å²) < 4.78 is 0. The number of carboxylic acid groups (broad SMARTS) is 1. The molecule has 2 N–H and O–H groups in total. The van der Waals surface area contributed by atoms with Crippen molar-refractivity contribution in [3.63, 3.8) is 0 Å². The van der Waals surface area contributed by atoms with E-state index in [2.05, 4.69) is 39.8 Å². The molecule has 1 unspecified atom stereocenters. The van der Waals surface area contributed by atoms with Gasteiger partial charge in [0.2, 0.25) is 0 Å². The Morgan fingerprint density at radius 3 is 1.61 bits per heavy atom. The number of allylic oxidation sites excluding steroid dienone is 2. The molecule has 0 radical (unpaired) electrons. The zero-order valence-electron chi connectivity index (χ0n) is 16.5. The average Bonchev–Trinajstić information content (AvgIpc) is 2.32. The first-order chi connectivity index (χ1) is 10.1. The molecule has 0 heterocycles. The summed E-state index contributed by atoms with van der Waals surface area (Å²) in [4.78, 5) is 11.3. The lowest BCUT2D eigenvalue weighted by atomic mass is 9.73. The molecule has 0 fully saturated rings. The molecule has 0 aromatic rings. The Balaban J connectivity index is 4.56. The Bertz CT molecular complexity index is 415. The molecule has 0 aliphatic carbocycles. The smallest absolute Gasteiger partial charge is 0.309 e. The summed E-state index contributed by atoms with van der Waals surface area (Å²) >= 11 is 0. The van der Waals surface area contributed by atoms with Crippen LogP contribution in [0, 0.1) is 16.2 Å². The third-order valence-electron chi connectivity index (χ3n) is 4.63. The van der Waals surface area contributed by atoms with E-state index < -0.39 is 17.0 Å². The zero-order valence-corrected chi connectivity index (χ0v) is 16.5. The van der Waals surface area contributed by atoms with Crippen molar-refractivity contribution in [2.24, 2.45) is 16.2 Å². The third-order valence-corrected chi connectivity index (χ3v) is 4.63. The Morgan fingerprint density at radius 2 is 1.26 bits per heavy atom. The second-order valence-electron chi connectivity index (χ2n) is 9.60. The van der Waals surface area contributed by atoms with Crippen molar-refractivity contribution >= 4 is 5.97 Å². The fourth-order valence-electron chi connectivity index (χ4n) is 3.38. The Kier molecular flexibility index (Phi) is 7.55. The van der Waals surface area contributed by atoms with Crippen LogP contribution in [0.4, 0.5) is 0 Å². The summed E-state index contributed by atoms with van der Waals surface area (Å²) in [5.74, 6) is -0.738. The number of hydrogen-bond donors (Lipinski definition) is 2. The van der Waals surface area contributed by atoms with Gasteiger partial charge >= 0.3 is 5.97 Å². The van der Waals surface area contributed by atoms with Gasteiger partial charge in [0.15, 0.2) is 0 Å². The van der Waals surface area contributed by atoms with E-state index in [9.17, 15) is 15.0 Å². The molecule has 0 bridgehead atoms. The predicted molar refractivity (Wildman–Crippen MR) is 97.5 cm³/mol. The summed E-state index contributed by atoms with van der Waals surface area (Å²) in [6, 6.07) is 0. The summed E-state index contributed by atoms with van der Waals surface area (Å²) in [5, 5.41) is 19.5. The van der Waals surface area contributed by atoms with E-state index in [1.807, 2.05) is 13.8 Å². The average molecular weight is 327 g/mol.